The Hall–Kier alpha value is -2.85. The lowest BCUT2D eigenvalue weighted by Crippen LogP contribution is -2.44. The fraction of sp³-hybridized carbons (Fsp3) is 0.575. The molecule has 3 N–H and O–H groups in total. The maximum Gasteiger partial charge on any atom is 0.167 e. The van der Waals surface area contributed by atoms with Gasteiger partial charge in [0, 0.05) is 11.5 Å². The predicted octanol–water partition coefficient (Wildman–Crippen LogP) is 11.4. The topological polar surface area (TPSA) is 77.8 Å². The van der Waals surface area contributed by atoms with Gasteiger partial charge in [0.05, 0.1) is 17.1 Å². The van der Waals surface area contributed by atoms with Crippen molar-refractivity contribution in [3.63, 3.8) is 0 Å². The van der Waals surface area contributed by atoms with E-state index in [9.17, 15) is 20.1 Å². The van der Waals surface area contributed by atoms with Gasteiger partial charge in [-0.15, -0.1) is 0 Å². The molecule has 0 aliphatic heterocycles. The van der Waals surface area contributed by atoms with Crippen LogP contribution in [0.5, 0.6) is 0 Å². The van der Waals surface area contributed by atoms with E-state index in [0.717, 1.165) is 44.1 Å². The van der Waals surface area contributed by atoms with Crippen LogP contribution in [0.2, 0.25) is 0 Å². The highest BCUT2D eigenvalue weighted by Crippen LogP contribution is 2.49. The molecular weight excluding hydrogens is 544 g/mol. The fourth-order valence-corrected chi connectivity index (χ4v) is 5.43. The first-order valence-corrected chi connectivity index (χ1v) is 16.5. The number of Topliss-reactive ketones (excluding diaryl/α,β-unsaturated/α-hetero) is 1. The minimum atomic E-state index is -1.34. The minimum absolute atomic E-state index is 0.0159. The van der Waals surface area contributed by atoms with Crippen LogP contribution in [0.1, 0.15) is 134 Å². The predicted molar refractivity (Wildman–Crippen MR) is 189 cm³/mol. The van der Waals surface area contributed by atoms with E-state index in [2.05, 4.69) is 92.7 Å². The monoisotopic (exact) mass is 606 g/mol. The normalized spacial score (nSPS) is 17.7. The second-order valence-corrected chi connectivity index (χ2v) is 13.9. The van der Waals surface area contributed by atoms with E-state index in [1.54, 1.807) is 13.8 Å². The van der Waals surface area contributed by atoms with E-state index in [4.69, 9.17) is 0 Å². The van der Waals surface area contributed by atoms with Gasteiger partial charge in [0.25, 0.3) is 0 Å². The number of rotatable bonds is 17. The summed E-state index contributed by atoms with van der Waals surface area (Å²) >= 11 is 0. The van der Waals surface area contributed by atoms with Gasteiger partial charge in [-0.3, -0.25) is 4.79 Å². The van der Waals surface area contributed by atoms with Crippen LogP contribution in [-0.2, 0) is 4.79 Å². The number of hydrogen-bond donors (Lipinski definition) is 3. The number of aliphatic hydroxyl groups excluding tert-OH is 3. The van der Waals surface area contributed by atoms with Crippen LogP contribution in [0.4, 0.5) is 0 Å². The highest BCUT2D eigenvalue weighted by atomic mass is 16.3. The molecule has 0 aromatic rings. The highest BCUT2D eigenvalue weighted by molar-refractivity contribution is 5.99. The van der Waals surface area contributed by atoms with Crippen LogP contribution in [0.25, 0.3) is 0 Å². The van der Waals surface area contributed by atoms with Gasteiger partial charge in [-0.25, -0.2) is 0 Å². The molecule has 1 aliphatic rings. The van der Waals surface area contributed by atoms with E-state index in [0.29, 0.717) is 18.4 Å². The molecular formula is C40H62O4. The summed E-state index contributed by atoms with van der Waals surface area (Å²) in [7, 11) is 0. The Morgan fingerprint density at radius 2 is 1.07 bits per heavy atom. The number of hydrogen-bond acceptors (Lipinski definition) is 4. The lowest BCUT2D eigenvalue weighted by Gasteiger charge is -2.42. The Bertz CT molecular complexity index is 1190. The van der Waals surface area contributed by atoms with Crippen LogP contribution in [0.15, 0.2) is 92.6 Å². The van der Waals surface area contributed by atoms with E-state index in [-0.39, 0.29) is 29.3 Å². The minimum Gasteiger partial charge on any atom is -0.511 e. The number of aliphatic hydroxyl groups is 3. The molecule has 0 radical (unpaired) electrons. The van der Waals surface area contributed by atoms with Crippen molar-refractivity contribution in [3.8, 4) is 0 Å². The second kappa shape index (κ2) is 18.8. The van der Waals surface area contributed by atoms with Crippen LogP contribution in [0, 0.1) is 11.3 Å². The first-order chi connectivity index (χ1) is 20.5. The molecule has 0 fully saturated rings. The molecule has 0 heterocycles. The van der Waals surface area contributed by atoms with E-state index < -0.39 is 17.4 Å². The van der Waals surface area contributed by atoms with Gasteiger partial charge >= 0.3 is 0 Å². The summed E-state index contributed by atoms with van der Waals surface area (Å²) in [6.07, 6.45) is 17.9. The average Bonchev–Trinajstić information content (AvgIpc) is 2.92. The number of carbonyl (C=O) groups excluding carboxylic acids is 1. The van der Waals surface area contributed by atoms with Gasteiger partial charge in [0.2, 0.25) is 0 Å². The molecule has 1 unspecified atom stereocenters. The zero-order chi connectivity index (χ0) is 33.6. The Morgan fingerprint density at radius 3 is 1.43 bits per heavy atom. The third-order valence-electron chi connectivity index (χ3n) is 8.44. The molecule has 0 spiro atoms. The summed E-state index contributed by atoms with van der Waals surface area (Å²) in [5, 5.41) is 35.5. The van der Waals surface area contributed by atoms with Crippen molar-refractivity contribution in [1.29, 1.82) is 0 Å². The van der Waals surface area contributed by atoms with Gasteiger partial charge in [0.1, 0.15) is 11.5 Å². The smallest absolute Gasteiger partial charge is 0.167 e. The molecule has 1 atom stereocenters. The zero-order valence-corrected chi connectivity index (χ0v) is 29.7. The van der Waals surface area contributed by atoms with E-state index in [1.165, 1.54) is 27.9 Å². The molecule has 1 aliphatic carbocycles. The van der Waals surface area contributed by atoms with Gasteiger partial charge in [0.15, 0.2) is 5.78 Å². The van der Waals surface area contributed by atoms with Crippen LogP contribution in [0.3, 0.4) is 0 Å². The lowest BCUT2D eigenvalue weighted by atomic mass is 9.65. The maximum absolute atomic E-state index is 13.5. The quantitative estimate of drug-likeness (QED) is 0.144. The first kappa shape index (κ1) is 39.2. The van der Waals surface area contributed by atoms with Crippen LogP contribution in [-0.4, -0.2) is 27.2 Å². The van der Waals surface area contributed by atoms with Crippen LogP contribution >= 0.6 is 0 Å². The third kappa shape index (κ3) is 12.3. The van der Waals surface area contributed by atoms with Gasteiger partial charge in [-0.2, -0.15) is 0 Å². The molecule has 246 valence electrons. The Balaban J connectivity index is 3.76. The Morgan fingerprint density at radius 1 is 0.682 bits per heavy atom. The average molecular weight is 607 g/mol. The summed E-state index contributed by atoms with van der Waals surface area (Å²) in [5.41, 5.74) is 6.50. The maximum atomic E-state index is 13.5. The van der Waals surface area contributed by atoms with Gasteiger partial charge in [-0.1, -0.05) is 83.7 Å². The molecule has 1 rings (SSSR count). The largest absolute Gasteiger partial charge is 0.511 e. The molecule has 0 bridgehead atoms. The van der Waals surface area contributed by atoms with E-state index in [1.807, 2.05) is 6.08 Å². The van der Waals surface area contributed by atoms with E-state index >= 15 is 0 Å². The fourth-order valence-electron chi connectivity index (χ4n) is 5.43. The van der Waals surface area contributed by atoms with Crippen molar-refractivity contribution in [2.75, 3.05) is 0 Å². The summed E-state index contributed by atoms with van der Waals surface area (Å²) in [5.74, 6) is -0.990. The van der Waals surface area contributed by atoms with Crippen molar-refractivity contribution in [2.45, 2.75) is 140 Å². The Kier molecular flexibility index (Phi) is 16.8. The second-order valence-electron chi connectivity index (χ2n) is 13.9. The zero-order valence-electron chi connectivity index (χ0n) is 29.7. The molecule has 0 saturated carbocycles. The SMILES string of the molecule is CC(C)=CCC/C(C)=C/CC1=C(O)C(C/C=C(\C)CCC=C(C)C)(C/C=C(\C)CCC=C(C)C)C(O)C(C(=O)C(C)C)=C1O. The van der Waals surface area contributed by atoms with Crippen molar-refractivity contribution < 1.29 is 20.1 Å². The molecule has 0 aromatic carbocycles. The summed E-state index contributed by atoms with van der Waals surface area (Å²) in [4.78, 5) is 13.5. The molecule has 0 aromatic heterocycles. The van der Waals surface area contributed by atoms with Crippen molar-refractivity contribution in [1.82, 2.24) is 0 Å². The number of carbonyl (C=O) groups is 1. The summed E-state index contributed by atoms with van der Waals surface area (Å²) < 4.78 is 0. The standard InChI is InChI=1S/C40H62O4/c1-27(2)15-12-18-31(9)21-22-34-37(42)35(36(41)30(7)8)39(44)40(38(34)43,25-23-32(10)19-13-16-28(3)4)26-24-33(11)20-14-17-29(5)6/h15-17,21,23-24,30,39,42-44H,12-14,18-20,22,25-26H2,1-11H3/b31-21+,32-23+,33-24+. The van der Waals surface area contributed by atoms with Crippen molar-refractivity contribution >= 4 is 5.78 Å². The first-order valence-electron chi connectivity index (χ1n) is 16.5. The van der Waals surface area contributed by atoms with Gasteiger partial charge in [-0.05, 0) is 120 Å². The number of ketones is 1. The number of allylic oxidation sites excluding steroid dienone is 13. The molecule has 4 heteroatoms. The molecule has 4 nitrogen and oxygen atoms in total. The van der Waals surface area contributed by atoms with Gasteiger partial charge < -0.3 is 15.3 Å². The third-order valence-corrected chi connectivity index (χ3v) is 8.44. The van der Waals surface area contributed by atoms with Crippen molar-refractivity contribution in [2.24, 2.45) is 11.3 Å². The van der Waals surface area contributed by atoms with Crippen LogP contribution < -0.4 is 0 Å². The molecule has 44 heavy (non-hydrogen) atoms. The molecule has 0 saturated heterocycles. The lowest BCUT2D eigenvalue weighted by molar-refractivity contribution is -0.120. The molecule has 0 amide bonds. The summed E-state index contributed by atoms with van der Waals surface area (Å²) in [6, 6.07) is 0. The van der Waals surface area contributed by atoms with Crippen molar-refractivity contribution in [3.05, 3.63) is 92.6 Å². The summed E-state index contributed by atoms with van der Waals surface area (Å²) in [6.45, 7) is 22.3. The Labute approximate surface area is 269 Å². The highest BCUT2D eigenvalue weighted by Gasteiger charge is 2.50.